The highest BCUT2D eigenvalue weighted by Gasteiger charge is 2.18. The van der Waals surface area contributed by atoms with E-state index >= 15 is 0 Å². The number of aromatic nitrogens is 3. The number of aryl methyl sites for hydroxylation is 2. The summed E-state index contributed by atoms with van der Waals surface area (Å²) in [5.74, 6) is -1.19. The number of hydrogen-bond acceptors (Lipinski definition) is 5. The molecule has 0 aliphatic carbocycles. The molecule has 0 aliphatic heterocycles. The Bertz CT molecular complexity index is 1280. The van der Waals surface area contributed by atoms with Crippen LogP contribution in [-0.2, 0) is 0 Å². The quantitative estimate of drug-likeness (QED) is 0.573. The zero-order chi connectivity index (χ0) is 19.8. The summed E-state index contributed by atoms with van der Waals surface area (Å²) < 4.78 is 16.3. The Labute approximate surface area is 163 Å². The summed E-state index contributed by atoms with van der Waals surface area (Å²) in [6, 6.07) is 13.0. The summed E-state index contributed by atoms with van der Waals surface area (Å²) in [6.45, 7) is 3.56. The van der Waals surface area contributed by atoms with Crippen molar-refractivity contribution < 1.29 is 9.18 Å². The molecule has 0 saturated carbocycles. The number of carbonyl (C=O) groups excluding carboxylic acids is 1. The summed E-state index contributed by atoms with van der Waals surface area (Å²) in [4.78, 5) is 29.4. The Kier molecular flexibility index (Phi) is 4.48. The van der Waals surface area contributed by atoms with Crippen molar-refractivity contribution in [1.82, 2.24) is 14.8 Å². The second-order valence-electron chi connectivity index (χ2n) is 6.26. The average Bonchev–Trinajstić information content (AvgIpc) is 3.06. The van der Waals surface area contributed by atoms with Crippen LogP contribution in [0.25, 0.3) is 15.9 Å². The van der Waals surface area contributed by atoms with Crippen LogP contribution in [0.15, 0.2) is 53.3 Å². The largest absolute Gasteiger partial charge is 0.296 e. The van der Waals surface area contributed by atoms with E-state index in [9.17, 15) is 14.0 Å². The first-order chi connectivity index (χ1) is 13.4. The van der Waals surface area contributed by atoms with Gasteiger partial charge in [0, 0.05) is 11.8 Å². The number of rotatable bonds is 3. The van der Waals surface area contributed by atoms with E-state index in [1.165, 1.54) is 34.2 Å². The summed E-state index contributed by atoms with van der Waals surface area (Å²) in [5.41, 5.74) is 1.49. The molecule has 2 heterocycles. The molecule has 6 nitrogen and oxygen atoms in total. The highest BCUT2D eigenvalue weighted by Crippen LogP contribution is 2.28. The zero-order valence-corrected chi connectivity index (χ0v) is 15.9. The van der Waals surface area contributed by atoms with Gasteiger partial charge >= 0.3 is 0 Å². The first-order valence-corrected chi connectivity index (χ1v) is 9.29. The average molecular weight is 394 g/mol. The van der Waals surface area contributed by atoms with Crippen molar-refractivity contribution in [2.45, 2.75) is 13.8 Å². The van der Waals surface area contributed by atoms with Gasteiger partial charge in [-0.3, -0.25) is 14.9 Å². The molecule has 0 bridgehead atoms. The van der Waals surface area contributed by atoms with Crippen LogP contribution < -0.4 is 10.7 Å². The lowest BCUT2D eigenvalue weighted by atomic mass is 10.2. The zero-order valence-electron chi connectivity index (χ0n) is 15.1. The summed E-state index contributed by atoms with van der Waals surface area (Å²) in [7, 11) is 0. The number of carbonyl (C=O) groups is 1. The van der Waals surface area contributed by atoms with Crippen molar-refractivity contribution in [3.8, 4) is 5.69 Å². The Morgan fingerprint density at radius 3 is 2.68 bits per heavy atom. The minimum Gasteiger partial charge on any atom is -0.296 e. The normalized spacial score (nSPS) is 11.0. The van der Waals surface area contributed by atoms with Gasteiger partial charge in [0.15, 0.2) is 10.8 Å². The number of halogens is 1. The fourth-order valence-electron chi connectivity index (χ4n) is 2.87. The maximum Gasteiger partial charge on any atom is 0.281 e. The Hall–Kier alpha value is -3.39. The van der Waals surface area contributed by atoms with Gasteiger partial charge < -0.3 is 0 Å². The number of nitrogens with zero attached hydrogens (tertiary/aromatic N) is 3. The predicted octanol–water partition coefficient (Wildman–Crippen LogP) is 3.85. The number of fused-ring (bicyclic) bond motifs is 1. The van der Waals surface area contributed by atoms with Crippen LogP contribution in [0, 0.1) is 19.7 Å². The standard InChI is InChI=1S/C20H15FN4O2S/c1-11-6-5-9-16-17(11)22-20(28-16)23-19(27)18-15(26)10-12(2)25(24-18)14-8-4-3-7-13(14)21/h3-10H,1-2H3,(H,22,23,27). The van der Waals surface area contributed by atoms with E-state index in [0.29, 0.717) is 10.8 Å². The minimum atomic E-state index is -0.688. The second-order valence-corrected chi connectivity index (χ2v) is 7.29. The molecule has 28 heavy (non-hydrogen) atoms. The molecule has 1 N–H and O–H groups in total. The molecule has 2 aromatic carbocycles. The van der Waals surface area contributed by atoms with Gasteiger partial charge in [0.25, 0.3) is 5.91 Å². The Balaban J connectivity index is 1.73. The van der Waals surface area contributed by atoms with Gasteiger partial charge in [-0.1, -0.05) is 35.6 Å². The molecule has 0 radical (unpaired) electrons. The van der Waals surface area contributed by atoms with E-state index in [0.717, 1.165) is 15.8 Å². The third-order valence-corrected chi connectivity index (χ3v) is 5.18. The molecule has 0 fully saturated rings. The summed E-state index contributed by atoms with van der Waals surface area (Å²) in [5, 5.41) is 7.10. The number of amides is 1. The van der Waals surface area contributed by atoms with E-state index in [1.54, 1.807) is 19.1 Å². The van der Waals surface area contributed by atoms with Crippen molar-refractivity contribution in [1.29, 1.82) is 0 Å². The number of nitrogens with one attached hydrogen (secondary N) is 1. The fourth-order valence-corrected chi connectivity index (χ4v) is 3.81. The Morgan fingerprint density at radius 2 is 1.93 bits per heavy atom. The minimum absolute atomic E-state index is 0.157. The first-order valence-electron chi connectivity index (χ1n) is 8.47. The van der Waals surface area contributed by atoms with Crippen LogP contribution in [0.1, 0.15) is 21.7 Å². The topological polar surface area (TPSA) is 76.9 Å². The third kappa shape index (κ3) is 3.18. The van der Waals surface area contributed by atoms with Crippen molar-refractivity contribution in [3.05, 3.63) is 81.5 Å². The van der Waals surface area contributed by atoms with E-state index in [1.807, 2.05) is 25.1 Å². The molecule has 140 valence electrons. The molecular formula is C20H15FN4O2S. The van der Waals surface area contributed by atoms with E-state index < -0.39 is 17.2 Å². The van der Waals surface area contributed by atoms with Gasteiger partial charge in [-0.2, -0.15) is 5.10 Å². The lowest BCUT2D eigenvalue weighted by molar-refractivity contribution is 0.101. The lowest BCUT2D eigenvalue weighted by Crippen LogP contribution is -2.27. The first kappa shape index (κ1) is 18.0. The number of benzene rings is 2. The molecule has 2 aromatic heterocycles. The second kappa shape index (κ2) is 6.97. The van der Waals surface area contributed by atoms with Gasteiger partial charge in [0.2, 0.25) is 5.43 Å². The third-order valence-electron chi connectivity index (χ3n) is 4.24. The van der Waals surface area contributed by atoms with E-state index in [4.69, 9.17) is 0 Å². The van der Waals surface area contributed by atoms with E-state index in [-0.39, 0.29) is 11.4 Å². The fraction of sp³-hybridized carbons (Fsp3) is 0.100. The van der Waals surface area contributed by atoms with Gasteiger partial charge in [-0.15, -0.1) is 0 Å². The van der Waals surface area contributed by atoms with Gasteiger partial charge in [-0.25, -0.2) is 14.1 Å². The Morgan fingerprint density at radius 1 is 1.14 bits per heavy atom. The molecule has 1 amide bonds. The maximum atomic E-state index is 14.1. The number of para-hydroxylation sites is 2. The molecule has 0 atom stereocenters. The lowest BCUT2D eigenvalue weighted by Gasteiger charge is -2.11. The van der Waals surface area contributed by atoms with Crippen molar-refractivity contribution in [2.24, 2.45) is 0 Å². The van der Waals surface area contributed by atoms with Crippen LogP contribution in [0.5, 0.6) is 0 Å². The molecular weight excluding hydrogens is 379 g/mol. The van der Waals surface area contributed by atoms with E-state index in [2.05, 4.69) is 15.4 Å². The molecule has 0 aliphatic rings. The van der Waals surface area contributed by atoms with Crippen molar-refractivity contribution in [3.63, 3.8) is 0 Å². The highest BCUT2D eigenvalue weighted by molar-refractivity contribution is 7.22. The smallest absolute Gasteiger partial charge is 0.281 e. The van der Waals surface area contributed by atoms with Crippen LogP contribution in [0.3, 0.4) is 0 Å². The van der Waals surface area contributed by atoms with Crippen LogP contribution >= 0.6 is 11.3 Å². The molecule has 4 rings (SSSR count). The van der Waals surface area contributed by atoms with Crippen LogP contribution in [-0.4, -0.2) is 20.7 Å². The summed E-state index contributed by atoms with van der Waals surface area (Å²) in [6.07, 6.45) is 0. The SMILES string of the molecule is Cc1cccc2sc(NC(=O)c3nn(-c4ccccc4F)c(C)cc3=O)nc12. The number of hydrogen-bond donors (Lipinski definition) is 1. The van der Waals surface area contributed by atoms with Crippen molar-refractivity contribution >= 4 is 32.6 Å². The van der Waals surface area contributed by atoms with Gasteiger partial charge in [0.1, 0.15) is 11.5 Å². The van der Waals surface area contributed by atoms with Crippen LogP contribution in [0.2, 0.25) is 0 Å². The monoisotopic (exact) mass is 394 g/mol. The van der Waals surface area contributed by atoms with Gasteiger partial charge in [-0.05, 0) is 37.6 Å². The maximum absolute atomic E-state index is 14.1. The number of thiazole rings is 1. The van der Waals surface area contributed by atoms with Crippen molar-refractivity contribution in [2.75, 3.05) is 5.32 Å². The molecule has 0 unspecified atom stereocenters. The highest BCUT2D eigenvalue weighted by atomic mass is 32.1. The molecule has 4 aromatic rings. The molecule has 0 saturated heterocycles. The summed E-state index contributed by atoms with van der Waals surface area (Å²) >= 11 is 1.31. The predicted molar refractivity (Wildman–Crippen MR) is 107 cm³/mol. The van der Waals surface area contributed by atoms with Crippen LogP contribution in [0.4, 0.5) is 9.52 Å². The van der Waals surface area contributed by atoms with Gasteiger partial charge in [0.05, 0.1) is 10.2 Å². The molecule has 0 spiro atoms. The molecule has 8 heteroatoms. The number of anilines is 1.